The van der Waals surface area contributed by atoms with Crippen molar-refractivity contribution in [2.45, 2.75) is 52.6 Å². The first kappa shape index (κ1) is 16.4. The summed E-state index contributed by atoms with van der Waals surface area (Å²) in [5, 5.41) is 0. The summed E-state index contributed by atoms with van der Waals surface area (Å²) in [4.78, 5) is 2.50. The average molecular weight is 292 g/mol. The smallest absolute Gasteiger partial charge is 0.123 e. The first-order chi connectivity index (χ1) is 9.82. The van der Waals surface area contributed by atoms with Gasteiger partial charge in [0.25, 0.3) is 0 Å². The van der Waals surface area contributed by atoms with E-state index in [-0.39, 0.29) is 17.9 Å². The van der Waals surface area contributed by atoms with Gasteiger partial charge in [0.2, 0.25) is 0 Å². The molecule has 1 aliphatic rings. The van der Waals surface area contributed by atoms with Crippen LogP contribution in [0.3, 0.4) is 0 Å². The zero-order valence-electron chi connectivity index (χ0n) is 13.8. The summed E-state index contributed by atoms with van der Waals surface area (Å²) in [6.45, 7) is 11.2. The standard InChI is InChI=1S/C18H29FN2/c1-5-16(20)17(13-6-8-15(19)9-7-13)21-11-10-14(12-21)18(2,3)4/h6-9,14,16-17H,5,10-12,20H2,1-4H3. The normalized spacial score (nSPS) is 23.2. The summed E-state index contributed by atoms with van der Waals surface area (Å²) in [5.74, 6) is 0.515. The predicted molar refractivity (Wildman–Crippen MR) is 86.5 cm³/mol. The summed E-state index contributed by atoms with van der Waals surface area (Å²) < 4.78 is 13.2. The molecule has 2 nitrogen and oxygen atoms in total. The van der Waals surface area contributed by atoms with Gasteiger partial charge in [0.1, 0.15) is 5.82 Å². The molecule has 3 unspecified atom stereocenters. The Kier molecular flexibility index (Phi) is 5.05. The molecule has 0 spiro atoms. The van der Waals surface area contributed by atoms with Crippen LogP contribution < -0.4 is 5.73 Å². The van der Waals surface area contributed by atoms with Crippen LogP contribution in [0.2, 0.25) is 0 Å². The Bertz CT molecular complexity index is 449. The van der Waals surface area contributed by atoms with Crippen molar-refractivity contribution in [3.05, 3.63) is 35.6 Å². The van der Waals surface area contributed by atoms with Crippen LogP contribution in [0.25, 0.3) is 0 Å². The molecule has 2 rings (SSSR count). The summed E-state index contributed by atoms with van der Waals surface area (Å²) in [6, 6.07) is 7.15. The summed E-state index contributed by atoms with van der Waals surface area (Å²) in [5.41, 5.74) is 7.86. The molecule has 0 bridgehead atoms. The molecular weight excluding hydrogens is 263 g/mol. The van der Waals surface area contributed by atoms with Crippen molar-refractivity contribution < 1.29 is 4.39 Å². The second-order valence-corrected chi connectivity index (χ2v) is 7.42. The van der Waals surface area contributed by atoms with E-state index in [1.807, 2.05) is 12.1 Å². The number of likely N-dealkylation sites (tertiary alicyclic amines) is 1. The maximum Gasteiger partial charge on any atom is 0.123 e. The molecule has 2 N–H and O–H groups in total. The molecule has 1 heterocycles. The largest absolute Gasteiger partial charge is 0.326 e. The van der Waals surface area contributed by atoms with E-state index in [1.165, 1.54) is 6.42 Å². The maximum absolute atomic E-state index is 13.2. The van der Waals surface area contributed by atoms with E-state index in [2.05, 4.69) is 32.6 Å². The first-order valence-corrected chi connectivity index (χ1v) is 8.08. The van der Waals surface area contributed by atoms with Crippen LogP contribution in [0.15, 0.2) is 24.3 Å². The zero-order chi connectivity index (χ0) is 15.6. The van der Waals surface area contributed by atoms with Crippen molar-refractivity contribution in [2.24, 2.45) is 17.1 Å². The van der Waals surface area contributed by atoms with Crippen LogP contribution in [0.1, 0.15) is 52.1 Å². The lowest BCUT2D eigenvalue weighted by molar-refractivity contribution is 0.174. The summed E-state index contributed by atoms with van der Waals surface area (Å²) in [6.07, 6.45) is 2.15. The monoisotopic (exact) mass is 292 g/mol. The molecule has 1 fully saturated rings. The molecule has 1 aromatic carbocycles. The maximum atomic E-state index is 13.2. The van der Waals surface area contributed by atoms with E-state index in [1.54, 1.807) is 12.1 Å². The van der Waals surface area contributed by atoms with Crippen molar-refractivity contribution in [3.8, 4) is 0 Å². The molecule has 0 radical (unpaired) electrons. The van der Waals surface area contributed by atoms with Gasteiger partial charge in [-0.2, -0.15) is 0 Å². The number of benzene rings is 1. The Balaban J connectivity index is 2.20. The van der Waals surface area contributed by atoms with Gasteiger partial charge >= 0.3 is 0 Å². The van der Waals surface area contributed by atoms with Gasteiger partial charge in [-0.3, -0.25) is 4.90 Å². The highest BCUT2D eigenvalue weighted by molar-refractivity contribution is 5.22. The van der Waals surface area contributed by atoms with Crippen LogP contribution in [-0.4, -0.2) is 24.0 Å². The van der Waals surface area contributed by atoms with Crippen molar-refractivity contribution >= 4 is 0 Å². The number of rotatable bonds is 4. The third kappa shape index (κ3) is 3.83. The van der Waals surface area contributed by atoms with Gasteiger partial charge in [0.15, 0.2) is 0 Å². The Morgan fingerprint density at radius 3 is 2.38 bits per heavy atom. The summed E-state index contributed by atoms with van der Waals surface area (Å²) in [7, 11) is 0. The fourth-order valence-electron chi connectivity index (χ4n) is 3.36. The predicted octanol–water partition coefficient (Wildman–Crippen LogP) is 3.97. The second-order valence-electron chi connectivity index (χ2n) is 7.42. The molecule has 3 heteroatoms. The lowest BCUT2D eigenvalue weighted by Crippen LogP contribution is -2.40. The van der Waals surface area contributed by atoms with Gasteiger partial charge in [0, 0.05) is 18.6 Å². The number of hydrogen-bond donors (Lipinski definition) is 1. The highest BCUT2D eigenvalue weighted by Gasteiger charge is 2.36. The van der Waals surface area contributed by atoms with Crippen LogP contribution in [0.4, 0.5) is 4.39 Å². The lowest BCUT2D eigenvalue weighted by Gasteiger charge is -2.34. The van der Waals surface area contributed by atoms with Crippen LogP contribution >= 0.6 is 0 Å². The highest BCUT2D eigenvalue weighted by Crippen LogP contribution is 2.38. The van der Waals surface area contributed by atoms with Gasteiger partial charge < -0.3 is 5.73 Å². The van der Waals surface area contributed by atoms with Crippen LogP contribution in [0, 0.1) is 17.2 Å². The SMILES string of the molecule is CCC(N)C(c1ccc(F)cc1)N1CCC(C(C)(C)C)C1. The third-order valence-electron chi connectivity index (χ3n) is 4.93. The average Bonchev–Trinajstić information content (AvgIpc) is 2.90. The van der Waals surface area contributed by atoms with E-state index < -0.39 is 0 Å². The van der Waals surface area contributed by atoms with Gasteiger partial charge in [-0.05, 0) is 48.4 Å². The van der Waals surface area contributed by atoms with E-state index in [4.69, 9.17) is 5.73 Å². The lowest BCUT2D eigenvalue weighted by atomic mass is 9.80. The molecule has 1 aliphatic heterocycles. The Labute approximate surface area is 128 Å². The van der Waals surface area contributed by atoms with Crippen LogP contribution in [-0.2, 0) is 0 Å². The minimum atomic E-state index is -0.184. The highest BCUT2D eigenvalue weighted by atomic mass is 19.1. The van der Waals surface area contributed by atoms with Crippen molar-refractivity contribution in [1.29, 1.82) is 0 Å². The Morgan fingerprint density at radius 1 is 1.29 bits per heavy atom. The molecule has 118 valence electrons. The van der Waals surface area contributed by atoms with Crippen molar-refractivity contribution in [1.82, 2.24) is 4.90 Å². The van der Waals surface area contributed by atoms with Crippen LogP contribution in [0.5, 0.6) is 0 Å². The Morgan fingerprint density at radius 2 is 1.90 bits per heavy atom. The quantitative estimate of drug-likeness (QED) is 0.909. The molecular formula is C18H29FN2. The van der Waals surface area contributed by atoms with Crippen molar-refractivity contribution in [3.63, 3.8) is 0 Å². The number of nitrogens with two attached hydrogens (primary N) is 1. The van der Waals surface area contributed by atoms with E-state index in [0.29, 0.717) is 11.3 Å². The number of halogens is 1. The fourth-order valence-corrected chi connectivity index (χ4v) is 3.36. The van der Waals surface area contributed by atoms with E-state index in [0.717, 1.165) is 25.1 Å². The van der Waals surface area contributed by atoms with Gasteiger partial charge in [-0.25, -0.2) is 4.39 Å². The van der Waals surface area contributed by atoms with Crippen molar-refractivity contribution in [2.75, 3.05) is 13.1 Å². The molecule has 1 aromatic rings. The first-order valence-electron chi connectivity index (χ1n) is 8.08. The summed E-state index contributed by atoms with van der Waals surface area (Å²) >= 11 is 0. The molecule has 0 aliphatic carbocycles. The second kappa shape index (κ2) is 6.45. The third-order valence-corrected chi connectivity index (χ3v) is 4.93. The fraction of sp³-hybridized carbons (Fsp3) is 0.667. The number of nitrogens with zero attached hydrogens (tertiary/aromatic N) is 1. The Hall–Kier alpha value is -0.930. The molecule has 21 heavy (non-hydrogen) atoms. The minimum Gasteiger partial charge on any atom is -0.326 e. The van der Waals surface area contributed by atoms with E-state index in [9.17, 15) is 4.39 Å². The zero-order valence-corrected chi connectivity index (χ0v) is 13.8. The molecule has 1 saturated heterocycles. The van der Waals surface area contributed by atoms with Gasteiger partial charge in [-0.1, -0.05) is 39.8 Å². The van der Waals surface area contributed by atoms with Gasteiger partial charge in [0.05, 0.1) is 0 Å². The minimum absolute atomic E-state index is 0.0918. The van der Waals surface area contributed by atoms with E-state index >= 15 is 0 Å². The molecule has 0 aromatic heterocycles. The van der Waals surface area contributed by atoms with Gasteiger partial charge in [-0.15, -0.1) is 0 Å². The molecule has 3 atom stereocenters. The molecule has 0 amide bonds. The molecule has 0 saturated carbocycles. The number of hydrogen-bond acceptors (Lipinski definition) is 2. The topological polar surface area (TPSA) is 29.3 Å².